The molecule has 0 aliphatic carbocycles. The maximum atomic E-state index is 5.42. The van der Waals surface area contributed by atoms with E-state index in [9.17, 15) is 0 Å². The van der Waals surface area contributed by atoms with Crippen molar-refractivity contribution in [3.63, 3.8) is 0 Å². The first-order valence-electron chi connectivity index (χ1n) is 7.05. The topological polar surface area (TPSA) is 39.1 Å². The predicted molar refractivity (Wildman–Crippen MR) is 74.9 cm³/mol. The SMILES string of the molecule is CCOCCC(Cc1cc(CC)nn1CC)NC. The van der Waals surface area contributed by atoms with Gasteiger partial charge >= 0.3 is 0 Å². The van der Waals surface area contributed by atoms with E-state index in [1.807, 2.05) is 14.0 Å². The second-order valence-corrected chi connectivity index (χ2v) is 4.47. The highest BCUT2D eigenvalue weighted by Gasteiger charge is 2.12. The Hall–Kier alpha value is -0.870. The Morgan fingerprint density at radius 1 is 1.39 bits per heavy atom. The van der Waals surface area contributed by atoms with Crippen LogP contribution in [0.4, 0.5) is 0 Å². The van der Waals surface area contributed by atoms with Crippen LogP contribution < -0.4 is 5.32 Å². The normalized spacial score (nSPS) is 12.9. The van der Waals surface area contributed by atoms with Crippen molar-refractivity contribution in [1.29, 1.82) is 0 Å². The lowest BCUT2D eigenvalue weighted by molar-refractivity contribution is 0.137. The summed E-state index contributed by atoms with van der Waals surface area (Å²) >= 11 is 0. The summed E-state index contributed by atoms with van der Waals surface area (Å²) in [6.45, 7) is 8.89. The van der Waals surface area contributed by atoms with E-state index in [1.165, 1.54) is 11.4 Å². The average molecular weight is 253 g/mol. The number of rotatable bonds is 9. The molecule has 0 radical (unpaired) electrons. The fourth-order valence-electron chi connectivity index (χ4n) is 2.10. The van der Waals surface area contributed by atoms with Crippen molar-refractivity contribution in [2.24, 2.45) is 0 Å². The van der Waals surface area contributed by atoms with Crippen molar-refractivity contribution in [2.75, 3.05) is 20.3 Å². The third-order valence-electron chi connectivity index (χ3n) is 3.25. The average Bonchev–Trinajstić information content (AvgIpc) is 2.80. The molecular weight excluding hydrogens is 226 g/mol. The van der Waals surface area contributed by atoms with Gasteiger partial charge in [0.05, 0.1) is 5.69 Å². The number of nitrogens with one attached hydrogen (secondary N) is 1. The van der Waals surface area contributed by atoms with Crippen LogP contribution in [0.25, 0.3) is 0 Å². The standard InChI is InChI=1S/C14H27N3O/c1-5-12-10-14(17(6-2)16-12)11-13(15-4)8-9-18-7-3/h10,13,15H,5-9,11H2,1-4H3. The molecule has 0 aliphatic heterocycles. The van der Waals surface area contributed by atoms with Crippen LogP contribution in [-0.4, -0.2) is 36.1 Å². The van der Waals surface area contributed by atoms with Crippen LogP contribution in [0.5, 0.6) is 0 Å². The van der Waals surface area contributed by atoms with Crippen LogP contribution in [0.15, 0.2) is 6.07 Å². The van der Waals surface area contributed by atoms with Crippen LogP contribution in [0, 0.1) is 0 Å². The van der Waals surface area contributed by atoms with E-state index in [0.29, 0.717) is 6.04 Å². The molecule has 0 aliphatic rings. The van der Waals surface area contributed by atoms with Gasteiger partial charge in [0.25, 0.3) is 0 Å². The van der Waals surface area contributed by atoms with Crippen molar-refractivity contribution in [1.82, 2.24) is 15.1 Å². The maximum Gasteiger partial charge on any atom is 0.0624 e. The molecule has 0 spiro atoms. The van der Waals surface area contributed by atoms with Gasteiger partial charge < -0.3 is 10.1 Å². The van der Waals surface area contributed by atoms with Gasteiger partial charge in [-0.1, -0.05) is 6.92 Å². The number of ether oxygens (including phenoxy) is 1. The first kappa shape index (κ1) is 15.2. The van der Waals surface area contributed by atoms with Crippen LogP contribution in [0.1, 0.15) is 38.6 Å². The molecular formula is C14H27N3O. The molecule has 1 rings (SSSR count). The largest absolute Gasteiger partial charge is 0.382 e. The van der Waals surface area contributed by atoms with E-state index in [2.05, 4.69) is 35.0 Å². The number of aromatic nitrogens is 2. The Labute approximate surface area is 111 Å². The molecule has 104 valence electrons. The zero-order chi connectivity index (χ0) is 13.4. The van der Waals surface area contributed by atoms with Gasteiger partial charge in [-0.05, 0) is 39.8 Å². The Morgan fingerprint density at radius 3 is 2.72 bits per heavy atom. The Balaban J connectivity index is 2.59. The van der Waals surface area contributed by atoms with E-state index in [4.69, 9.17) is 4.74 Å². The summed E-state index contributed by atoms with van der Waals surface area (Å²) in [5.74, 6) is 0. The summed E-state index contributed by atoms with van der Waals surface area (Å²) in [7, 11) is 2.02. The van der Waals surface area contributed by atoms with E-state index in [-0.39, 0.29) is 0 Å². The summed E-state index contributed by atoms with van der Waals surface area (Å²) < 4.78 is 7.54. The molecule has 1 atom stereocenters. The highest BCUT2D eigenvalue weighted by molar-refractivity contribution is 5.12. The summed E-state index contributed by atoms with van der Waals surface area (Å²) in [4.78, 5) is 0. The number of hydrogen-bond donors (Lipinski definition) is 1. The van der Waals surface area contributed by atoms with Gasteiger partial charge in [-0.2, -0.15) is 5.10 Å². The monoisotopic (exact) mass is 253 g/mol. The van der Waals surface area contributed by atoms with Crippen LogP contribution >= 0.6 is 0 Å². The smallest absolute Gasteiger partial charge is 0.0624 e. The predicted octanol–water partition coefficient (Wildman–Crippen LogP) is 2.02. The summed E-state index contributed by atoms with van der Waals surface area (Å²) in [6.07, 6.45) is 3.06. The molecule has 4 nitrogen and oxygen atoms in total. The van der Waals surface area contributed by atoms with Gasteiger partial charge in [0.2, 0.25) is 0 Å². The lowest BCUT2D eigenvalue weighted by Crippen LogP contribution is -2.30. The molecule has 0 fully saturated rings. The Bertz CT molecular complexity index is 336. The zero-order valence-corrected chi connectivity index (χ0v) is 12.2. The molecule has 0 aromatic carbocycles. The summed E-state index contributed by atoms with van der Waals surface area (Å²) in [5, 5.41) is 7.96. The van der Waals surface area contributed by atoms with E-state index < -0.39 is 0 Å². The third-order valence-corrected chi connectivity index (χ3v) is 3.25. The Kier molecular flexibility index (Phi) is 6.98. The second kappa shape index (κ2) is 8.27. The number of nitrogens with zero attached hydrogens (tertiary/aromatic N) is 2. The van der Waals surface area contributed by atoms with E-state index >= 15 is 0 Å². The second-order valence-electron chi connectivity index (χ2n) is 4.47. The van der Waals surface area contributed by atoms with Crippen LogP contribution in [0.3, 0.4) is 0 Å². The molecule has 18 heavy (non-hydrogen) atoms. The fraction of sp³-hybridized carbons (Fsp3) is 0.786. The van der Waals surface area contributed by atoms with Crippen molar-refractivity contribution in [2.45, 2.75) is 52.6 Å². The molecule has 0 amide bonds. The van der Waals surface area contributed by atoms with Crippen molar-refractivity contribution in [3.05, 3.63) is 17.5 Å². The van der Waals surface area contributed by atoms with Gasteiger partial charge in [-0.15, -0.1) is 0 Å². The molecule has 1 heterocycles. The molecule has 1 aromatic rings. The minimum Gasteiger partial charge on any atom is -0.382 e. The van der Waals surface area contributed by atoms with Gasteiger partial charge in [0, 0.05) is 37.9 Å². The maximum absolute atomic E-state index is 5.42. The van der Waals surface area contributed by atoms with Crippen LogP contribution in [0.2, 0.25) is 0 Å². The van der Waals surface area contributed by atoms with Crippen LogP contribution in [-0.2, 0) is 24.1 Å². The van der Waals surface area contributed by atoms with E-state index in [1.54, 1.807) is 0 Å². The third kappa shape index (κ3) is 4.42. The van der Waals surface area contributed by atoms with Gasteiger partial charge in [-0.3, -0.25) is 4.68 Å². The molecule has 1 unspecified atom stereocenters. The highest BCUT2D eigenvalue weighted by Crippen LogP contribution is 2.10. The minimum absolute atomic E-state index is 0.461. The molecule has 0 saturated heterocycles. The molecule has 0 saturated carbocycles. The van der Waals surface area contributed by atoms with Crippen molar-refractivity contribution in [3.8, 4) is 0 Å². The van der Waals surface area contributed by atoms with Gasteiger partial charge in [0.15, 0.2) is 0 Å². The first-order valence-corrected chi connectivity index (χ1v) is 7.05. The fourth-order valence-corrected chi connectivity index (χ4v) is 2.10. The first-order chi connectivity index (χ1) is 8.74. The van der Waals surface area contributed by atoms with E-state index in [0.717, 1.165) is 39.0 Å². The summed E-state index contributed by atoms with van der Waals surface area (Å²) in [6, 6.07) is 2.69. The number of aryl methyl sites for hydroxylation is 2. The Morgan fingerprint density at radius 2 is 2.17 bits per heavy atom. The van der Waals surface area contributed by atoms with Gasteiger partial charge in [0.1, 0.15) is 0 Å². The van der Waals surface area contributed by atoms with Gasteiger partial charge in [-0.25, -0.2) is 0 Å². The van der Waals surface area contributed by atoms with Crippen molar-refractivity contribution < 1.29 is 4.74 Å². The molecule has 4 heteroatoms. The molecule has 0 bridgehead atoms. The zero-order valence-electron chi connectivity index (χ0n) is 12.2. The quantitative estimate of drug-likeness (QED) is 0.684. The summed E-state index contributed by atoms with van der Waals surface area (Å²) in [5.41, 5.74) is 2.51. The number of hydrogen-bond acceptors (Lipinski definition) is 3. The number of likely N-dealkylation sites (N-methyl/N-ethyl adjacent to an activating group) is 1. The lowest BCUT2D eigenvalue weighted by atomic mass is 10.1. The minimum atomic E-state index is 0.461. The molecule has 1 aromatic heterocycles. The highest BCUT2D eigenvalue weighted by atomic mass is 16.5. The van der Waals surface area contributed by atoms with Crippen molar-refractivity contribution >= 4 is 0 Å². The molecule has 1 N–H and O–H groups in total. The lowest BCUT2D eigenvalue weighted by Gasteiger charge is -2.16.